The fourth-order valence-electron chi connectivity index (χ4n) is 3.60. The van der Waals surface area contributed by atoms with Crippen LogP contribution in [0.3, 0.4) is 0 Å². The summed E-state index contributed by atoms with van der Waals surface area (Å²) in [5.41, 5.74) is 1.20. The summed E-state index contributed by atoms with van der Waals surface area (Å²) >= 11 is 2.29. The number of aliphatic hydroxyl groups excluding tert-OH is 1. The van der Waals surface area contributed by atoms with E-state index >= 15 is 0 Å². The molecule has 4 heteroatoms. The quantitative estimate of drug-likeness (QED) is 0.813. The Morgan fingerprint density at radius 2 is 2.05 bits per heavy atom. The summed E-state index contributed by atoms with van der Waals surface area (Å²) < 4.78 is 7.04. The summed E-state index contributed by atoms with van der Waals surface area (Å²) in [4.78, 5) is 12.4. The Balaban J connectivity index is 1.95. The van der Waals surface area contributed by atoms with Crippen LogP contribution < -0.4 is 0 Å². The zero-order valence-corrected chi connectivity index (χ0v) is 13.6. The van der Waals surface area contributed by atoms with Gasteiger partial charge in [-0.15, -0.1) is 0 Å². The molecule has 2 fully saturated rings. The molecule has 0 aromatic heterocycles. The smallest absolute Gasteiger partial charge is 0.139 e. The van der Waals surface area contributed by atoms with E-state index in [-0.39, 0.29) is 29.8 Å². The molecule has 5 atom stereocenters. The van der Waals surface area contributed by atoms with Crippen LogP contribution in [0.4, 0.5) is 0 Å². The van der Waals surface area contributed by atoms with Crippen molar-refractivity contribution in [3.05, 3.63) is 33.4 Å². The number of carbonyl (C=O) groups is 1. The monoisotopic (exact) mass is 386 g/mol. The number of benzene rings is 1. The molecular formula is C16H19IO3. The average Bonchev–Trinajstić information content (AvgIpc) is 2.74. The molecule has 0 amide bonds. The molecule has 1 aromatic rings. The van der Waals surface area contributed by atoms with Crippen LogP contribution in [-0.4, -0.2) is 29.2 Å². The molecule has 0 saturated carbocycles. The maximum absolute atomic E-state index is 12.4. The van der Waals surface area contributed by atoms with Crippen molar-refractivity contribution in [2.45, 2.75) is 50.4 Å². The van der Waals surface area contributed by atoms with E-state index in [0.717, 1.165) is 6.42 Å². The Kier molecular flexibility index (Phi) is 4.15. The summed E-state index contributed by atoms with van der Waals surface area (Å²) in [7, 11) is 0. The number of carbonyl (C=O) groups excluding carboxylic acids is 1. The van der Waals surface area contributed by atoms with Gasteiger partial charge < -0.3 is 9.84 Å². The fraction of sp³-hybridized carbons (Fsp3) is 0.562. The van der Waals surface area contributed by atoms with Gasteiger partial charge >= 0.3 is 0 Å². The highest BCUT2D eigenvalue weighted by Crippen LogP contribution is 2.46. The van der Waals surface area contributed by atoms with Gasteiger partial charge in [0, 0.05) is 16.4 Å². The summed E-state index contributed by atoms with van der Waals surface area (Å²) in [5, 5.41) is 10.1. The van der Waals surface area contributed by atoms with Crippen LogP contribution >= 0.6 is 22.6 Å². The molecule has 2 aliphatic rings. The average molecular weight is 386 g/mol. The second-order valence-corrected chi connectivity index (χ2v) is 7.01. The van der Waals surface area contributed by atoms with Gasteiger partial charge in [-0.25, -0.2) is 0 Å². The lowest BCUT2D eigenvalue weighted by atomic mass is 9.76. The highest BCUT2D eigenvalue weighted by Gasteiger charge is 2.50. The van der Waals surface area contributed by atoms with Gasteiger partial charge in [0.2, 0.25) is 0 Å². The van der Waals surface area contributed by atoms with Crippen LogP contribution in [0.25, 0.3) is 0 Å². The molecule has 0 spiro atoms. The molecule has 2 unspecified atom stereocenters. The third-order valence-electron chi connectivity index (χ3n) is 4.56. The Morgan fingerprint density at radius 3 is 2.70 bits per heavy atom. The molecule has 1 aromatic carbocycles. The standard InChI is InChI=1S/C16H19IO3/c1-2-13(18)15-12(9-3-5-10(17)6-4-9)7-11-8-14(19)16(15)20-11/h3-6,11-12,14-16,19H,2,7-8H2,1H3/t11?,12-,14?,15+,16+/m0/s1. The van der Waals surface area contributed by atoms with E-state index in [2.05, 4.69) is 46.9 Å². The molecule has 2 saturated heterocycles. The van der Waals surface area contributed by atoms with Gasteiger partial charge in [0.15, 0.2) is 0 Å². The maximum atomic E-state index is 12.4. The number of hydrogen-bond donors (Lipinski definition) is 1. The van der Waals surface area contributed by atoms with Crippen LogP contribution in [0.1, 0.15) is 37.7 Å². The second kappa shape index (κ2) is 5.73. The minimum atomic E-state index is -0.491. The van der Waals surface area contributed by atoms with Gasteiger partial charge in [0.25, 0.3) is 0 Å². The highest BCUT2D eigenvalue weighted by molar-refractivity contribution is 14.1. The van der Waals surface area contributed by atoms with Crippen molar-refractivity contribution < 1.29 is 14.6 Å². The third kappa shape index (κ3) is 2.53. The lowest BCUT2D eigenvalue weighted by Crippen LogP contribution is -2.42. The first-order valence-electron chi connectivity index (χ1n) is 7.22. The van der Waals surface area contributed by atoms with Crippen molar-refractivity contribution in [2.75, 3.05) is 0 Å². The zero-order chi connectivity index (χ0) is 14.3. The fourth-order valence-corrected chi connectivity index (χ4v) is 3.96. The summed E-state index contributed by atoms with van der Waals surface area (Å²) in [6.07, 6.45) is 1.30. The predicted molar refractivity (Wildman–Crippen MR) is 84.6 cm³/mol. The van der Waals surface area contributed by atoms with Crippen LogP contribution in [0.15, 0.2) is 24.3 Å². The number of halogens is 1. The second-order valence-electron chi connectivity index (χ2n) is 5.77. The van der Waals surface area contributed by atoms with E-state index in [1.54, 1.807) is 0 Å². The lowest BCUT2D eigenvalue weighted by molar-refractivity contribution is -0.137. The van der Waals surface area contributed by atoms with Gasteiger partial charge in [-0.3, -0.25) is 4.79 Å². The lowest BCUT2D eigenvalue weighted by Gasteiger charge is -2.36. The Labute approximate surface area is 132 Å². The normalized spacial score (nSPS) is 36.0. The van der Waals surface area contributed by atoms with Crippen molar-refractivity contribution in [3.63, 3.8) is 0 Å². The topological polar surface area (TPSA) is 46.5 Å². The molecular weight excluding hydrogens is 367 g/mol. The van der Waals surface area contributed by atoms with E-state index in [9.17, 15) is 9.90 Å². The molecule has 2 aliphatic heterocycles. The van der Waals surface area contributed by atoms with E-state index < -0.39 is 6.10 Å². The third-order valence-corrected chi connectivity index (χ3v) is 5.28. The molecule has 0 aliphatic carbocycles. The number of rotatable bonds is 3. The first-order chi connectivity index (χ1) is 9.60. The maximum Gasteiger partial charge on any atom is 0.139 e. The highest BCUT2D eigenvalue weighted by atomic mass is 127. The molecule has 2 heterocycles. The summed E-state index contributed by atoms with van der Waals surface area (Å²) in [5.74, 6) is 0.187. The molecule has 108 valence electrons. The van der Waals surface area contributed by atoms with E-state index in [0.29, 0.717) is 12.8 Å². The number of Topliss-reactive ketones (excluding diaryl/α,β-unsaturated/α-hetero) is 1. The Hall–Kier alpha value is -0.460. The van der Waals surface area contributed by atoms with Crippen LogP contribution in [0.2, 0.25) is 0 Å². The zero-order valence-electron chi connectivity index (χ0n) is 11.5. The van der Waals surface area contributed by atoms with Crippen LogP contribution in [0, 0.1) is 9.49 Å². The van der Waals surface area contributed by atoms with Crippen LogP contribution in [0.5, 0.6) is 0 Å². The first-order valence-corrected chi connectivity index (χ1v) is 8.29. The van der Waals surface area contributed by atoms with Crippen molar-refractivity contribution in [1.82, 2.24) is 0 Å². The van der Waals surface area contributed by atoms with E-state index in [1.165, 1.54) is 9.13 Å². The van der Waals surface area contributed by atoms with Gasteiger partial charge in [0.1, 0.15) is 5.78 Å². The Morgan fingerprint density at radius 1 is 1.35 bits per heavy atom. The van der Waals surface area contributed by atoms with Gasteiger partial charge in [-0.2, -0.15) is 0 Å². The number of fused-ring (bicyclic) bond motifs is 2. The van der Waals surface area contributed by atoms with Gasteiger partial charge in [-0.1, -0.05) is 19.1 Å². The van der Waals surface area contributed by atoms with Gasteiger partial charge in [0.05, 0.1) is 24.2 Å². The number of aliphatic hydroxyl groups is 1. The number of ether oxygens (including phenoxy) is 1. The number of ketones is 1. The predicted octanol–water partition coefficient (Wildman–Crippen LogP) is 2.89. The molecule has 0 radical (unpaired) electrons. The van der Waals surface area contributed by atoms with Crippen molar-refractivity contribution in [2.24, 2.45) is 5.92 Å². The summed E-state index contributed by atoms with van der Waals surface area (Å²) in [6, 6.07) is 8.38. The minimum Gasteiger partial charge on any atom is -0.390 e. The molecule has 20 heavy (non-hydrogen) atoms. The molecule has 2 bridgehead atoms. The minimum absolute atomic E-state index is 0.0974. The summed E-state index contributed by atoms with van der Waals surface area (Å²) in [6.45, 7) is 1.89. The molecule has 1 N–H and O–H groups in total. The van der Waals surface area contributed by atoms with Gasteiger partial charge in [-0.05, 0) is 52.6 Å². The van der Waals surface area contributed by atoms with Crippen molar-refractivity contribution >= 4 is 28.4 Å². The number of hydrogen-bond acceptors (Lipinski definition) is 3. The largest absolute Gasteiger partial charge is 0.390 e. The first kappa shape index (κ1) is 14.5. The van der Waals surface area contributed by atoms with E-state index in [1.807, 2.05) is 6.92 Å². The van der Waals surface area contributed by atoms with Crippen LogP contribution in [-0.2, 0) is 9.53 Å². The Bertz CT molecular complexity index is 499. The van der Waals surface area contributed by atoms with Crippen molar-refractivity contribution in [3.8, 4) is 0 Å². The molecule has 3 rings (SSSR count). The SMILES string of the molecule is CCC(=O)[C@@H]1[C@@H]2OC(CC2O)C[C@H]1c1ccc(I)cc1. The van der Waals surface area contributed by atoms with Crippen molar-refractivity contribution in [1.29, 1.82) is 0 Å². The van der Waals surface area contributed by atoms with E-state index in [4.69, 9.17) is 4.74 Å². The molecule has 3 nitrogen and oxygen atoms in total.